The van der Waals surface area contributed by atoms with Crippen LogP contribution in [0, 0.1) is 0 Å². The molecule has 0 spiro atoms. The highest BCUT2D eigenvalue weighted by Gasteiger charge is 2.38. The van der Waals surface area contributed by atoms with Crippen molar-refractivity contribution in [2.24, 2.45) is 5.73 Å². The number of hydrogen-bond acceptors (Lipinski definition) is 3. The van der Waals surface area contributed by atoms with Crippen molar-refractivity contribution in [1.82, 2.24) is 4.90 Å². The van der Waals surface area contributed by atoms with Gasteiger partial charge in [-0.05, 0) is 19.3 Å². The Bertz CT molecular complexity index is 247. The van der Waals surface area contributed by atoms with E-state index in [0.717, 1.165) is 6.54 Å². The first-order valence-corrected chi connectivity index (χ1v) is 8.16. The van der Waals surface area contributed by atoms with E-state index in [2.05, 4.69) is 30.5 Å². The van der Waals surface area contributed by atoms with E-state index >= 15 is 0 Å². The maximum absolute atomic E-state index is 6.14. The van der Waals surface area contributed by atoms with Gasteiger partial charge in [0.2, 0.25) is 0 Å². The van der Waals surface area contributed by atoms with Crippen molar-refractivity contribution in [2.75, 3.05) is 25.4 Å². The van der Waals surface area contributed by atoms with Crippen molar-refractivity contribution in [3.05, 3.63) is 0 Å². The Labute approximate surface area is 111 Å². The molecule has 2 fully saturated rings. The number of thioether (sulfide) groups is 1. The fraction of sp³-hybridized carbons (Fsp3) is 1.00. The van der Waals surface area contributed by atoms with Gasteiger partial charge in [0.25, 0.3) is 0 Å². The van der Waals surface area contributed by atoms with Crippen molar-refractivity contribution in [3.63, 3.8) is 0 Å². The first kappa shape index (κ1) is 13.7. The normalized spacial score (nSPS) is 29.8. The van der Waals surface area contributed by atoms with Crippen LogP contribution in [0.3, 0.4) is 0 Å². The first-order chi connectivity index (χ1) is 8.08. The van der Waals surface area contributed by atoms with E-state index < -0.39 is 0 Å². The lowest BCUT2D eigenvalue weighted by molar-refractivity contribution is 0.0619. The van der Waals surface area contributed by atoms with E-state index in [0.29, 0.717) is 10.3 Å². The minimum atomic E-state index is 0.346. The van der Waals surface area contributed by atoms with E-state index in [-0.39, 0.29) is 0 Å². The third-order valence-corrected chi connectivity index (χ3v) is 6.05. The topological polar surface area (TPSA) is 29.3 Å². The zero-order valence-corrected chi connectivity index (χ0v) is 12.3. The lowest BCUT2D eigenvalue weighted by Crippen LogP contribution is -2.55. The van der Waals surface area contributed by atoms with Crippen LogP contribution < -0.4 is 5.73 Å². The Hall–Kier alpha value is 0.270. The molecular weight excluding hydrogens is 228 g/mol. The zero-order valence-electron chi connectivity index (χ0n) is 11.5. The van der Waals surface area contributed by atoms with Crippen LogP contribution in [0.5, 0.6) is 0 Å². The van der Waals surface area contributed by atoms with Crippen molar-refractivity contribution in [3.8, 4) is 0 Å². The second kappa shape index (κ2) is 5.50. The lowest BCUT2D eigenvalue weighted by atomic mass is 9.80. The molecule has 1 saturated carbocycles. The minimum absolute atomic E-state index is 0.346. The summed E-state index contributed by atoms with van der Waals surface area (Å²) in [6.07, 6.45) is 8.13. The second-order valence-electron chi connectivity index (χ2n) is 6.33. The van der Waals surface area contributed by atoms with Gasteiger partial charge in [-0.1, -0.05) is 33.1 Å². The summed E-state index contributed by atoms with van der Waals surface area (Å²) < 4.78 is 0.458. The van der Waals surface area contributed by atoms with E-state index in [1.54, 1.807) is 0 Å². The predicted molar refractivity (Wildman–Crippen MR) is 77.6 cm³/mol. The highest BCUT2D eigenvalue weighted by Crippen LogP contribution is 2.37. The third-order valence-electron chi connectivity index (χ3n) is 4.67. The SMILES string of the molecule is CC1(C)CCN(C2(CN)CCCCC2)CCS1. The van der Waals surface area contributed by atoms with Crippen LogP contribution in [-0.2, 0) is 0 Å². The standard InChI is InChI=1S/C14H28N2S/c1-13(2)8-9-16(10-11-17-13)14(12-15)6-4-3-5-7-14/h3-12,15H2,1-2H3. The molecule has 17 heavy (non-hydrogen) atoms. The largest absolute Gasteiger partial charge is 0.329 e. The number of rotatable bonds is 2. The van der Waals surface area contributed by atoms with Crippen molar-refractivity contribution in [2.45, 2.75) is 62.7 Å². The minimum Gasteiger partial charge on any atom is -0.329 e. The summed E-state index contributed by atoms with van der Waals surface area (Å²) in [6.45, 7) is 8.12. The molecule has 0 atom stereocenters. The Morgan fingerprint density at radius 2 is 1.76 bits per heavy atom. The van der Waals surface area contributed by atoms with Crippen LogP contribution in [0.1, 0.15) is 52.4 Å². The van der Waals surface area contributed by atoms with Gasteiger partial charge in [0.15, 0.2) is 0 Å². The summed E-state index contributed by atoms with van der Waals surface area (Å²) in [5.41, 5.74) is 6.49. The molecule has 0 unspecified atom stereocenters. The Morgan fingerprint density at radius 1 is 1.06 bits per heavy atom. The van der Waals surface area contributed by atoms with E-state index in [1.165, 1.54) is 57.4 Å². The molecule has 2 nitrogen and oxygen atoms in total. The zero-order chi connectivity index (χ0) is 12.4. The second-order valence-corrected chi connectivity index (χ2v) is 8.14. The highest BCUT2D eigenvalue weighted by molar-refractivity contribution is 8.00. The molecule has 1 aliphatic heterocycles. The molecule has 0 aromatic carbocycles. The molecule has 2 rings (SSSR count). The third kappa shape index (κ3) is 3.18. The summed E-state index contributed by atoms with van der Waals surface area (Å²) >= 11 is 2.14. The Kier molecular flexibility index (Phi) is 4.43. The van der Waals surface area contributed by atoms with E-state index in [9.17, 15) is 0 Å². The monoisotopic (exact) mass is 256 g/mol. The molecule has 0 aromatic rings. The van der Waals surface area contributed by atoms with Gasteiger partial charge < -0.3 is 5.73 Å². The van der Waals surface area contributed by atoms with Gasteiger partial charge in [0.05, 0.1) is 0 Å². The van der Waals surface area contributed by atoms with Gasteiger partial charge in [-0.15, -0.1) is 0 Å². The molecule has 0 radical (unpaired) electrons. The van der Waals surface area contributed by atoms with Gasteiger partial charge in [-0.25, -0.2) is 0 Å². The van der Waals surface area contributed by atoms with Crippen LogP contribution >= 0.6 is 11.8 Å². The molecule has 1 saturated heterocycles. The Morgan fingerprint density at radius 3 is 2.41 bits per heavy atom. The quantitative estimate of drug-likeness (QED) is 0.824. The average molecular weight is 256 g/mol. The van der Waals surface area contributed by atoms with Crippen molar-refractivity contribution in [1.29, 1.82) is 0 Å². The number of hydrogen-bond donors (Lipinski definition) is 1. The molecule has 0 bridgehead atoms. The summed E-state index contributed by atoms with van der Waals surface area (Å²) in [6, 6.07) is 0. The summed E-state index contributed by atoms with van der Waals surface area (Å²) in [5, 5.41) is 0. The molecule has 0 aromatic heterocycles. The summed E-state index contributed by atoms with van der Waals surface area (Å²) in [4.78, 5) is 2.73. The predicted octanol–water partition coefficient (Wildman–Crippen LogP) is 2.87. The van der Waals surface area contributed by atoms with Crippen LogP contribution in [-0.4, -0.2) is 40.6 Å². The molecule has 1 heterocycles. The molecule has 3 heteroatoms. The molecule has 0 amide bonds. The van der Waals surface area contributed by atoms with Crippen LogP contribution in [0.2, 0.25) is 0 Å². The summed E-state index contributed by atoms with van der Waals surface area (Å²) in [5.74, 6) is 1.27. The number of nitrogens with two attached hydrogens (primary N) is 1. The Balaban J connectivity index is 2.04. The maximum atomic E-state index is 6.14. The molecule has 1 aliphatic carbocycles. The van der Waals surface area contributed by atoms with Crippen LogP contribution in [0.25, 0.3) is 0 Å². The van der Waals surface area contributed by atoms with E-state index in [1.807, 2.05) is 0 Å². The van der Waals surface area contributed by atoms with Crippen LogP contribution in [0.4, 0.5) is 0 Å². The van der Waals surface area contributed by atoms with Gasteiger partial charge in [0.1, 0.15) is 0 Å². The van der Waals surface area contributed by atoms with Crippen molar-refractivity contribution >= 4 is 11.8 Å². The maximum Gasteiger partial charge on any atom is 0.0332 e. The van der Waals surface area contributed by atoms with Crippen molar-refractivity contribution < 1.29 is 0 Å². The van der Waals surface area contributed by atoms with Gasteiger partial charge >= 0.3 is 0 Å². The molecule has 100 valence electrons. The average Bonchev–Trinajstić information content (AvgIpc) is 2.51. The first-order valence-electron chi connectivity index (χ1n) is 7.17. The lowest BCUT2D eigenvalue weighted by Gasteiger charge is -2.45. The van der Waals surface area contributed by atoms with Gasteiger partial charge in [-0.3, -0.25) is 4.90 Å². The fourth-order valence-electron chi connectivity index (χ4n) is 3.35. The summed E-state index contributed by atoms with van der Waals surface area (Å²) in [7, 11) is 0. The molecule has 2 aliphatic rings. The molecular formula is C14H28N2S. The fourth-order valence-corrected chi connectivity index (χ4v) is 4.45. The van der Waals surface area contributed by atoms with E-state index in [4.69, 9.17) is 5.73 Å². The smallest absolute Gasteiger partial charge is 0.0332 e. The highest BCUT2D eigenvalue weighted by atomic mass is 32.2. The number of nitrogens with zero attached hydrogens (tertiary/aromatic N) is 1. The van der Waals surface area contributed by atoms with Crippen LogP contribution in [0.15, 0.2) is 0 Å². The van der Waals surface area contributed by atoms with Gasteiger partial charge in [0, 0.05) is 35.7 Å². The molecule has 2 N–H and O–H groups in total. The van der Waals surface area contributed by atoms with Gasteiger partial charge in [-0.2, -0.15) is 11.8 Å².